The van der Waals surface area contributed by atoms with Crippen molar-refractivity contribution in [2.75, 3.05) is 31.1 Å². The molecule has 9 nitrogen and oxygen atoms in total. The van der Waals surface area contributed by atoms with Gasteiger partial charge in [0.2, 0.25) is 11.9 Å². The summed E-state index contributed by atoms with van der Waals surface area (Å²) in [5, 5.41) is 20.4. The van der Waals surface area contributed by atoms with Gasteiger partial charge in [0, 0.05) is 0 Å². The van der Waals surface area contributed by atoms with E-state index in [2.05, 4.69) is 25.7 Å². The number of nitrogens with two attached hydrogens (primary N) is 1. The number of aromatic nitrogens is 3. The van der Waals surface area contributed by atoms with E-state index in [4.69, 9.17) is 20.8 Å². The molecule has 9 heteroatoms. The molecule has 1 rings (SSSR count). The van der Waals surface area contributed by atoms with Crippen LogP contribution in [0, 0.1) is 0 Å². The predicted octanol–water partition coefficient (Wildman–Crippen LogP) is -2.07. The van der Waals surface area contributed by atoms with Crippen LogP contribution >= 0.6 is 0 Å². The number of anilines is 2. The highest BCUT2D eigenvalue weighted by atomic mass is 16.5. The molecule has 6 N–H and O–H groups in total. The number of hydrogen-bond donors (Lipinski definition) is 5. The molecular formula is C7H14N6O3. The van der Waals surface area contributed by atoms with Crippen molar-refractivity contribution in [3.63, 3.8) is 0 Å². The minimum atomic E-state index is -0.558. The molecule has 1 aromatic rings. The third-order valence-electron chi connectivity index (χ3n) is 1.70. The number of ether oxygens (including phenoxy) is 1. The zero-order valence-electron chi connectivity index (χ0n) is 8.71. The van der Waals surface area contributed by atoms with E-state index in [-0.39, 0.29) is 31.1 Å². The van der Waals surface area contributed by atoms with Crippen LogP contribution in [0.2, 0.25) is 0 Å². The fourth-order valence-corrected chi connectivity index (χ4v) is 0.908. The van der Waals surface area contributed by atoms with E-state index in [0.717, 1.165) is 0 Å². The Balaban J connectivity index is 2.85. The molecule has 90 valence electrons. The molecule has 0 aromatic carbocycles. The number of rotatable bonds is 6. The molecule has 0 spiro atoms. The number of hydrogen-bond acceptors (Lipinski definition) is 9. The Morgan fingerprint density at radius 2 is 1.88 bits per heavy atom. The molecule has 0 aliphatic heterocycles. The maximum atomic E-state index is 8.88. The van der Waals surface area contributed by atoms with Gasteiger partial charge in [-0.05, 0) is 0 Å². The fourth-order valence-electron chi connectivity index (χ4n) is 0.908. The van der Waals surface area contributed by atoms with Gasteiger partial charge in [-0.1, -0.05) is 0 Å². The van der Waals surface area contributed by atoms with Crippen LogP contribution in [-0.4, -0.2) is 51.5 Å². The summed E-state index contributed by atoms with van der Waals surface area (Å²) in [6.45, 7) is -0.508. The lowest BCUT2D eigenvalue weighted by Gasteiger charge is -2.13. The van der Waals surface area contributed by atoms with Crippen LogP contribution in [0.4, 0.5) is 11.9 Å². The van der Waals surface area contributed by atoms with Crippen LogP contribution in [0.1, 0.15) is 0 Å². The van der Waals surface area contributed by atoms with E-state index in [1.165, 1.54) is 7.11 Å². The SMILES string of the molecule is COc1nc(NN)nc(NC(CO)CO)n1. The number of hydrazine groups is 1. The van der Waals surface area contributed by atoms with Crippen LogP contribution in [0.25, 0.3) is 0 Å². The van der Waals surface area contributed by atoms with Crippen molar-refractivity contribution in [1.29, 1.82) is 0 Å². The van der Waals surface area contributed by atoms with Gasteiger partial charge in [0.1, 0.15) is 0 Å². The molecule has 0 amide bonds. The molecule has 0 aliphatic rings. The van der Waals surface area contributed by atoms with Gasteiger partial charge in [-0.25, -0.2) is 5.84 Å². The summed E-state index contributed by atoms with van der Waals surface area (Å²) < 4.78 is 4.82. The summed E-state index contributed by atoms with van der Waals surface area (Å²) in [6, 6.07) is -0.488. The Morgan fingerprint density at radius 3 is 2.38 bits per heavy atom. The van der Waals surface area contributed by atoms with Crippen LogP contribution < -0.4 is 21.3 Å². The highest BCUT2D eigenvalue weighted by Gasteiger charge is 2.10. The number of aliphatic hydroxyl groups excluding tert-OH is 2. The molecular weight excluding hydrogens is 216 g/mol. The molecule has 16 heavy (non-hydrogen) atoms. The highest BCUT2D eigenvalue weighted by molar-refractivity contribution is 5.35. The molecule has 1 heterocycles. The van der Waals surface area contributed by atoms with Crippen molar-refractivity contribution < 1.29 is 14.9 Å². The Kier molecular flexibility index (Phi) is 4.64. The van der Waals surface area contributed by atoms with Gasteiger partial charge < -0.3 is 20.3 Å². The Hall–Kier alpha value is -1.71. The lowest BCUT2D eigenvalue weighted by molar-refractivity contribution is 0.203. The number of nitrogens with one attached hydrogen (secondary N) is 2. The average Bonchev–Trinajstić information content (AvgIpc) is 2.35. The maximum absolute atomic E-state index is 8.88. The van der Waals surface area contributed by atoms with E-state index in [0.29, 0.717) is 0 Å². The normalized spacial score (nSPS) is 10.3. The summed E-state index contributed by atoms with van der Waals surface area (Å²) in [4.78, 5) is 11.5. The lowest BCUT2D eigenvalue weighted by Crippen LogP contribution is -2.29. The lowest BCUT2D eigenvalue weighted by atomic mass is 10.3. The Labute approximate surface area is 91.7 Å². The second kappa shape index (κ2) is 6.00. The van der Waals surface area contributed by atoms with Crippen molar-refractivity contribution in [2.45, 2.75) is 6.04 Å². The van der Waals surface area contributed by atoms with Crippen molar-refractivity contribution in [2.24, 2.45) is 5.84 Å². The van der Waals surface area contributed by atoms with Crippen molar-refractivity contribution in [1.82, 2.24) is 15.0 Å². The van der Waals surface area contributed by atoms with Crippen LogP contribution in [0.15, 0.2) is 0 Å². The standard InChI is InChI=1S/C7H14N6O3/c1-16-7-11-5(9-4(2-14)3-15)10-6(12-7)13-8/h4,14-15H,2-3,8H2,1H3,(H2,9,10,11,12,13). The van der Waals surface area contributed by atoms with Crippen molar-refractivity contribution >= 4 is 11.9 Å². The first kappa shape index (κ1) is 12.4. The zero-order valence-corrected chi connectivity index (χ0v) is 8.71. The molecule has 0 atom stereocenters. The van der Waals surface area contributed by atoms with Gasteiger partial charge in [0.05, 0.1) is 26.4 Å². The quantitative estimate of drug-likeness (QED) is 0.275. The van der Waals surface area contributed by atoms with E-state index in [9.17, 15) is 0 Å². The Morgan fingerprint density at radius 1 is 1.25 bits per heavy atom. The minimum Gasteiger partial charge on any atom is -0.467 e. The maximum Gasteiger partial charge on any atom is 0.322 e. The molecule has 0 aliphatic carbocycles. The number of methoxy groups -OCH3 is 1. The predicted molar refractivity (Wildman–Crippen MR) is 55.8 cm³/mol. The van der Waals surface area contributed by atoms with Crippen LogP contribution in [0.5, 0.6) is 6.01 Å². The first-order valence-electron chi connectivity index (χ1n) is 4.48. The largest absolute Gasteiger partial charge is 0.467 e. The summed E-state index contributed by atoms with van der Waals surface area (Å²) in [5.74, 6) is 5.41. The fraction of sp³-hybridized carbons (Fsp3) is 0.571. The number of nitrogen functional groups attached to an aromatic ring is 1. The smallest absolute Gasteiger partial charge is 0.322 e. The van der Waals surface area contributed by atoms with Gasteiger partial charge in [0.25, 0.3) is 0 Å². The van der Waals surface area contributed by atoms with Crippen LogP contribution in [-0.2, 0) is 0 Å². The topological polar surface area (TPSA) is 138 Å². The number of aliphatic hydroxyl groups is 2. The van der Waals surface area contributed by atoms with Gasteiger partial charge in [-0.2, -0.15) is 15.0 Å². The first-order valence-corrected chi connectivity index (χ1v) is 4.48. The summed E-state index contributed by atoms with van der Waals surface area (Å²) in [5.41, 5.74) is 2.24. The highest BCUT2D eigenvalue weighted by Crippen LogP contribution is 2.10. The minimum absolute atomic E-state index is 0.0695. The second-order valence-electron chi connectivity index (χ2n) is 2.82. The third-order valence-corrected chi connectivity index (χ3v) is 1.70. The zero-order chi connectivity index (χ0) is 12.0. The third kappa shape index (κ3) is 3.15. The van der Waals surface area contributed by atoms with E-state index in [1.54, 1.807) is 0 Å². The first-order chi connectivity index (χ1) is 7.73. The average molecular weight is 230 g/mol. The monoisotopic (exact) mass is 230 g/mol. The summed E-state index contributed by atoms with van der Waals surface area (Å²) in [6.07, 6.45) is 0. The number of nitrogens with zero attached hydrogens (tertiary/aromatic N) is 3. The molecule has 0 unspecified atom stereocenters. The van der Waals surface area contributed by atoms with E-state index < -0.39 is 6.04 Å². The molecule has 0 saturated heterocycles. The van der Waals surface area contributed by atoms with Gasteiger partial charge in [-0.15, -0.1) is 0 Å². The van der Waals surface area contributed by atoms with E-state index in [1.807, 2.05) is 0 Å². The summed E-state index contributed by atoms with van der Waals surface area (Å²) >= 11 is 0. The Bertz CT molecular complexity index is 310. The van der Waals surface area contributed by atoms with Crippen molar-refractivity contribution in [3.8, 4) is 6.01 Å². The molecule has 0 radical (unpaired) electrons. The molecule has 0 saturated carbocycles. The summed E-state index contributed by atoms with van der Waals surface area (Å²) in [7, 11) is 1.40. The molecule has 1 aromatic heterocycles. The van der Waals surface area contributed by atoms with Crippen LogP contribution in [0.3, 0.4) is 0 Å². The van der Waals surface area contributed by atoms with Crippen molar-refractivity contribution in [3.05, 3.63) is 0 Å². The second-order valence-corrected chi connectivity index (χ2v) is 2.82. The van der Waals surface area contributed by atoms with Gasteiger partial charge >= 0.3 is 6.01 Å². The molecule has 0 bridgehead atoms. The molecule has 0 fully saturated rings. The van der Waals surface area contributed by atoms with Gasteiger partial charge in [-0.3, -0.25) is 5.43 Å². The van der Waals surface area contributed by atoms with Gasteiger partial charge in [0.15, 0.2) is 0 Å². The van der Waals surface area contributed by atoms with E-state index >= 15 is 0 Å².